The summed E-state index contributed by atoms with van der Waals surface area (Å²) in [6, 6.07) is 5.16. The van der Waals surface area contributed by atoms with Gasteiger partial charge in [-0.15, -0.1) is 21.5 Å². The Kier molecular flexibility index (Phi) is 4.73. The molecule has 0 spiro atoms. The van der Waals surface area contributed by atoms with Crippen LogP contribution in [0, 0.1) is 11.8 Å². The monoisotopic (exact) mass is 483 g/mol. The van der Waals surface area contributed by atoms with Crippen molar-refractivity contribution in [2.75, 3.05) is 13.1 Å². The fraction of sp³-hybridized carbons (Fsp3) is 0.444. The van der Waals surface area contributed by atoms with Crippen molar-refractivity contribution in [1.82, 2.24) is 24.9 Å². The van der Waals surface area contributed by atoms with E-state index in [1.807, 2.05) is 4.90 Å². The lowest BCUT2D eigenvalue weighted by molar-refractivity contribution is 0.0574. The van der Waals surface area contributed by atoms with Crippen molar-refractivity contribution in [2.24, 2.45) is 11.8 Å². The van der Waals surface area contributed by atoms with Gasteiger partial charge in [0.25, 0.3) is 5.91 Å². The van der Waals surface area contributed by atoms with E-state index in [2.05, 4.69) is 31.2 Å². The maximum Gasteiger partial charge on any atom is 0.333 e. The SMILES string of the molecule is O=C(c1cc2nn(C(F)F)cc2s1)N1C[C@@H]2CC[C@@H](Oc3ccc(Br)nn3)[C@@H]2C1. The molecule has 0 unspecified atom stereocenters. The first kappa shape index (κ1) is 18.9. The zero-order valence-corrected chi connectivity index (χ0v) is 17.4. The van der Waals surface area contributed by atoms with Gasteiger partial charge in [-0.05, 0) is 46.8 Å². The van der Waals surface area contributed by atoms with Gasteiger partial charge in [-0.3, -0.25) is 4.79 Å². The number of thiophene rings is 1. The summed E-state index contributed by atoms with van der Waals surface area (Å²) in [6.07, 6.45) is 3.21. The van der Waals surface area contributed by atoms with Gasteiger partial charge in [0.15, 0.2) is 0 Å². The highest BCUT2D eigenvalue weighted by molar-refractivity contribution is 9.10. The molecule has 5 rings (SSSR count). The van der Waals surface area contributed by atoms with Crippen molar-refractivity contribution in [2.45, 2.75) is 25.5 Å². The first-order chi connectivity index (χ1) is 14.0. The molecule has 3 atom stereocenters. The number of hydrogen-bond acceptors (Lipinski definition) is 6. The van der Waals surface area contributed by atoms with Crippen LogP contribution in [-0.4, -0.2) is 50.0 Å². The zero-order valence-electron chi connectivity index (χ0n) is 15.0. The van der Waals surface area contributed by atoms with Gasteiger partial charge in [0.1, 0.15) is 16.2 Å². The van der Waals surface area contributed by atoms with Crippen molar-refractivity contribution in [3.05, 3.63) is 33.9 Å². The van der Waals surface area contributed by atoms with E-state index in [1.165, 1.54) is 17.5 Å². The molecule has 0 bridgehead atoms. The van der Waals surface area contributed by atoms with E-state index < -0.39 is 6.55 Å². The Morgan fingerprint density at radius 1 is 1.28 bits per heavy atom. The van der Waals surface area contributed by atoms with Gasteiger partial charge in [-0.25, -0.2) is 4.68 Å². The van der Waals surface area contributed by atoms with Gasteiger partial charge < -0.3 is 9.64 Å². The fourth-order valence-electron chi connectivity index (χ4n) is 4.25. The molecule has 3 aromatic heterocycles. The second kappa shape index (κ2) is 7.28. The molecule has 3 aromatic rings. The van der Waals surface area contributed by atoms with Gasteiger partial charge in [0, 0.05) is 31.3 Å². The summed E-state index contributed by atoms with van der Waals surface area (Å²) >= 11 is 4.46. The quantitative estimate of drug-likeness (QED) is 0.561. The molecule has 4 heterocycles. The molecule has 7 nitrogen and oxygen atoms in total. The molecule has 0 aromatic carbocycles. The minimum absolute atomic E-state index is 0.00421. The molecule has 0 radical (unpaired) electrons. The average Bonchev–Trinajstić information content (AvgIpc) is 3.43. The minimum atomic E-state index is -2.68. The Bertz CT molecular complexity index is 1020. The number of aromatic nitrogens is 4. The minimum Gasteiger partial charge on any atom is -0.473 e. The maximum atomic E-state index is 13.0. The highest BCUT2D eigenvalue weighted by Gasteiger charge is 2.45. The van der Waals surface area contributed by atoms with E-state index in [-0.39, 0.29) is 17.9 Å². The topological polar surface area (TPSA) is 73.1 Å². The van der Waals surface area contributed by atoms with E-state index in [9.17, 15) is 13.6 Å². The Balaban J connectivity index is 1.28. The Hall–Kier alpha value is -2.14. The Labute approximate surface area is 176 Å². The highest BCUT2D eigenvalue weighted by Crippen LogP contribution is 2.41. The number of fused-ring (bicyclic) bond motifs is 2. The van der Waals surface area contributed by atoms with E-state index >= 15 is 0 Å². The maximum absolute atomic E-state index is 13.0. The van der Waals surface area contributed by atoms with Crippen LogP contribution in [0.2, 0.25) is 0 Å². The average molecular weight is 484 g/mol. The van der Waals surface area contributed by atoms with Crippen LogP contribution in [0.4, 0.5) is 8.78 Å². The van der Waals surface area contributed by atoms with Crippen molar-refractivity contribution in [1.29, 1.82) is 0 Å². The molecule has 1 amide bonds. The predicted octanol–water partition coefficient (Wildman–Crippen LogP) is 3.98. The fourth-order valence-corrected chi connectivity index (χ4v) is 5.45. The number of carbonyl (C=O) groups is 1. The van der Waals surface area contributed by atoms with Crippen molar-refractivity contribution in [3.8, 4) is 5.88 Å². The molecule has 2 fully saturated rings. The molecule has 152 valence electrons. The third-order valence-electron chi connectivity index (χ3n) is 5.58. The molecule has 1 aliphatic carbocycles. The molecule has 29 heavy (non-hydrogen) atoms. The number of nitrogens with zero attached hydrogens (tertiary/aromatic N) is 5. The normalized spacial score (nSPS) is 23.9. The first-order valence-corrected chi connectivity index (χ1v) is 10.8. The van der Waals surface area contributed by atoms with Crippen LogP contribution in [0.15, 0.2) is 29.0 Å². The molecule has 0 N–H and O–H groups in total. The lowest BCUT2D eigenvalue weighted by Crippen LogP contribution is -2.32. The van der Waals surface area contributed by atoms with Crippen LogP contribution >= 0.6 is 27.3 Å². The summed E-state index contributed by atoms with van der Waals surface area (Å²) in [5.74, 6) is 1.05. The van der Waals surface area contributed by atoms with E-state index in [4.69, 9.17) is 4.74 Å². The van der Waals surface area contributed by atoms with Gasteiger partial charge in [-0.1, -0.05) is 0 Å². The number of amides is 1. The second-order valence-electron chi connectivity index (χ2n) is 7.31. The summed E-state index contributed by atoms with van der Waals surface area (Å²) in [7, 11) is 0. The lowest BCUT2D eigenvalue weighted by atomic mass is 9.99. The number of rotatable bonds is 4. The summed E-state index contributed by atoms with van der Waals surface area (Å²) in [4.78, 5) is 15.3. The molecule has 2 aliphatic rings. The van der Waals surface area contributed by atoms with Crippen molar-refractivity contribution in [3.63, 3.8) is 0 Å². The molecule has 1 saturated heterocycles. The van der Waals surface area contributed by atoms with Crippen LogP contribution in [0.25, 0.3) is 10.2 Å². The van der Waals surface area contributed by atoms with E-state index in [0.717, 1.165) is 12.8 Å². The van der Waals surface area contributed by atoms with Gasteiger partial charge in [-0.2, -0.15) is 13.9 Å². The number of ether oxygens (including phenoxy) is 1. The number of likely N-dealkylation sites (tertiary alicyclic amines) is 1. The summed E-state index contributed by atoms with van der Waals surface area (Å²) in [5, 5.41) is 11.8. The third kappa shape index (κ3) is 3.50. The van der Waals surface area contributed by atoms with Crippen LogP contribution in [0.1, 0.15) is 29.1 Å². The van der Waals surface area contributed by atoms with Gasteiger partial charge >= 0.3 is 6.55 Å². The smallest absolute Gasteiger partial charge is 0.333 e. The molecule has 1 saturated carbocycles. The first-order valence-electron chi connectivity index (χ1n) is 9.20. The van der Waals surface area contributed by atoms with Gasteiger partial charge in [0.2, 0.25) is 5.88 Å². The molecular formula is C18H16BrF2N5O2S. The molecule has 11 heteroatoms. The number of alkyl halides is 2. The van der Waals surface area contributed by atoms with Crippen LogP contribution in [-0.2, 0) is 0 Å². The number of halogens is 3. The number of carbonyl (C=O) groups excluding carboxylic acids is 1. The molecule has 1 aliphatic heterocycles. The lowest BCUT2D eigenvalue weighted by Gasteiger charge is -2.21. The Morgan fingerprint density at radius 3 is 2.86 bits per heavy atom. The van der Waals surface area contributed by atoms with Crippen LogP contribution in [0.5, 0.6) is 5.88 Å². The summed E-state index contributed by atoms with van der Waals surface area (Å²) in [5.41, 5.74) is 0.424. The number of hydrogen-bond donors (Lipinski definition) is 0. The van der Waals surface area contributed by atoms with E-state index in [1.54, 1.807) is 18.2 Å². The van der Waals surface area contributed by atoms with E-state index in [0.29, 0.717) is 49.3 Å². The second-order valence-corrected chi connectivity index (χ2v) is 9.21. The zero-order chi connectivity index (χ0) is 20.1. The Morgan fingerprint density at radius 2 is 2.14 bits per heavy atom. The summed E-state index contributed by atoms with van der Waals surface area (Å²) in [6.45, 7) is -1.38. The van der Waals surface area contributed by atoms with Crippen LogP contribution in [0.3, 0.4) is 0 Å². The predicted molar refractivity (Wildman–Crippen MR) is 105 cm³/mol. The van der Waals surface area contributed by atoms with Crippen molar-refractivity contribution >= 4 is 43.4 Å². The summed E-state index contributed by atoms with van der Waals surface area (Å²) < 4.78 is 33.4. The third-order valence-corrected chi connectivity index (χ3v) is 7.05. The van der Waals surface area contributed by atoms with Crippen molar-refractivity contribution < 1.29 is 18.3 Å². The highest BCUT2D eigenvalue weighted by atomic mass is 79.9. The van der Waals surface area contributed by atoms with Gasteiger partial charge in [0.05, 0.1) is 9.58 Å². The van der Waals surface area contributed by atoms with Crippen LogP contribution < -0.4 is 4.74 Å². The standard InChI is InChI=1S/C18H16BrF2N5O2S/c19-15-3-4-16(23-22-15)28-12-2-1-9-6-25(7-10(9)12)17(27)13-5-11-14(29-13)8-26(24-11)18(20)21/h3-5,8-10,12,18H,1-2,6-7H2/t9-,10+,12+/m0/s1. The molecular weight excluding hydrogens is 468 g/mol. The largest absolute Gasteiger partial charge is 0.473 e.